The molecule has 0 N–H and O–H groups in total. The number of hydrogen-bond donors (Lipinski definition) is 0. The van der Waals surface area contributed by atoms with E-state index in [-0.39, 0.29) is 11.9 Å². The molecule has 0 aliphatic heterocycles. The summed E-state index contributed by atoms with van der Waals surface area (Å²) in [6.45, 7) is 4.56. The Labute approximate surface area is 251 Å². The predicted molar refractivity (Wildman–Crippen MR) is 175 cm³/mol. The predicted octanol–water partition coefficient (Wildman–Crippen LogP) is 13.0. The van der Waals surface area contributed by atoms with Crippen molar-refractivity contribution in [1.29, 1.82) is 0 Å². The van der Waals surface area contributed by atoms with E-state index < -0.39 is 0 Å². The van der Waals surface area contributed by atoms with Gasteiger partial charge in [0.05, 0.1) is 0 Å². The summed E-state index contributed by atoms with van der Waals surface area (Å²) in [5, 5.41) is 0. The number of carbonyl (C=O) groups is 2. The standard InChI is InChI=1S/C37H72O3/c1-3-5-7-9-11-13-15-17-19-21-23-25-27-29-31-33-35-37(39)40-36(38)34-32-30-28-26-24-22-20-18-16-14-12-10-8-6-4-2/h3-35H2,1-2H3. The first-order valence-electron chi connectivity index (χ1n) is 18.4. The minimum Gasteiger partial charge on any atom is -0.393 e. The molecule has 3 nitrogen and oxygen atoms in total. The highest BCUT2D eigenvalue weighted by atomic mass is 16.6. The van der Waals surface area contributed by atoms with Gasteiger partial charge in [0, 0.05) is 12.8 Å². The molecule has 0 atom stereocenters. The summed E-state index contributed by atoms with van der Waals surface area (Å²) in [7, 11) is 0. The van der Waals surface area contributed by atoms with E-state index in [0.717, 1.165) is 25.7 Å². The molecule has 0 aliphatic carbocycles. The molecule has 0 aromatic heterocycles. The van der Waals surface area contributed by atoms with Crippen molar-refractivity contribution in [2.75, 3.05) is 0 Å². The third kappa shape index (κ3) is 33.3. The Kier molecular flexibility index (Phi) is 33.6. The summed E-state index contributed by atoms with van der Waals surface area (Å²) < 4.78 is 5.02. The monoisotopic (exact) mass is 565 g/mol. The van der Waals surface area contributed by atoms with Gasteiger partial charge in [0.15, 0.2) is 0 Å². The topological polar surface area (TPSA) is 43.4 Å². The van der Waals surface area contributed by atoms with Crippen LogP contribution in [0.3, 0.4) is 0 Å². The summed E-state index contributed by atoms with van der Waals surface area (Å²) in [4.78, 5) is 23.8. The molecule has 0 heterocycles. The third-order valence-corrected chi connectivity index (χ3v) is 8.45. The van der Waals surface area contributed by atoms with Crippen molar-refractivity contribution in [1.82, 2.24) is 0 Å². The van der Waals surface area contributed by atoms with Crippen molar-refractivity contribution in [2.45, 2.75) is 226 Å². The van der Waals surface area contributed by atoms with Crippen molar-refractivity contribution in [2.24, 2.45) is 0 Å². The molecular weight excluding hydrogens is 492 g/mol. The fourth-order valence-electron chi connectivity index (χ4n) is 5.69. The summed E-state index contributed by atoms with van der Waals surface area (Å²) in [6.07, 6.45) is 41.6. The maximum atomic E-state index is 11.9. The maximum absolute atomic E-state index is 11.9. The average molecular weight is 565 g/mol. The van der Waals surface area contributed by atoms with Gasteiger partial charge < -0.3 is 4.74 Å². The highest BCUT2D eigenvalue weighted by Gasteiger charge is 2.10. The summed E-state index contributed by atoms with van der Waals surface area (Å²) in [5.74, 6) is -0.646. The molecule has 238 valence electrons. The van der Waals surface area contributed by atoms with E-state index in [2.05, 4.69) is 13.8 Å². The molecule has 0 unspecified atom stereocenters. The minimum absolute atomic E-state index is 0.323. The lowest BCUT2D eigenvalue weighted by atomic mass is 10.0. The minimum atomic E-state index is -0.323. The first kappa shape index (κ1) is 39.1. The van der Waals surface area contributed by atoms with Crippen LogP contribution < -0.4 is 0 Å². The van der Waals surface area contributed by atoms with Crippen LogP contribution in [-0.2, 0) is 14.3 Å². The largest absolute Gasteiger partial charge is 0.393 e. The van der Waals surface area contributed by atoms with Gasteiger partial charge in [-0.25, -0.2) is 0 Å². The van der Waals surface area contributed by atoms with E-state index in [9.17, 15) is 9.59 Å². The SMILES string of the molecule is CCCCCCCCCCCCCCCCCCC(=O)OC(=O)CCCCCCCCCCCCCCCCC. The lowest BCUT2D eigenvalue weighted by Gasteiger charge is -2.05. The Morgan fingerprint density at radius 1 is 0.300 bits per heavy atom. The number of hydrogen-bond acceptors (Lipinski definition) is 3. The zero-order valence-corrected chi connectivity index (χ0v) is 27.6. The first-order chi connectivity index (χ1) is 19.7. The molecule has 0 aliphatic rings. The van der Waals surface area contributed by atoms with Gasteiger partial charge in [-0.2, -0.15) is 0 Å². The van der Waals surface area contributed by atoms with Gasteiger partial charge in [0.1, 0.15) is 0 Å². The van der Waals surface area contributed by atoms with Gasteiger partial charge >= 0.3 is 11.9 Å². The molecule has 0 aromatic rings. The molecule has 0 rings (SSSR count). The van der Waals surface area contributed by atoms with Crippen LogP contribution in [0.15, 0.2) is 0 Å². The Hall–Kier alpha value is -0.860. The van der Waals surface area contributed by atoms with Gasteiger partial charge in [-0.15, -0.1) is 0 Å². The highest BCUT2D eigenvalue weighted by Crippen LogP contribution is 2.16. The number of rotatable bonds is 33. The van der Waals surface area contributed by atoms with Crippen molar-refractivity contribution in [3.05, 3.63) is 0 Å². The van der Waals surface area contributed by atoms with Crippen LogP contribution in [0.25, 0.3) is 0 Å². The van der Waals surface area contributed by atoms with Gasteiger partial charge in [-0.05, 0) is 12.8 Å². The van der Waals surface area contributed by atoms with Crippen LogP contribution in [-0.4, -0.2) is 11.9 Å². The number of carbonyl (C=O) groups excluding carboxylic acids is 2. The fraction of sp³-hybridized carbons (Fsp3) is 0.946. The summed E-state index contributed by atoms with van der Waals surface area (Å²) in [6, 6.07) is 0. The normalized spacial score (nSPS) is 11.2. The van der Waals surface area contributed by atoms with Crippen LogP contribution >= 0.6 is 0 Å². The lowest BCUT2D eigenvalue weighted by Crippen LogP contribution is -2.11. The van der Waals surface area contributed by atoms with Crippen molar-refractivity contribution >= 4 is 11.9 Å². The second kappa shape index (κ2) is 34.3. The van der Waals surface area contributed by atoms with Gasteiger partial charge in [-0.1, -0.05) is 200 Å². The fourth-order valence-corrected chi connectivity index (χ4v) is 5.69. The number of ether oxygens (including phenoxy) is 1. The molecule has 0 saturated heterocycles. The third-order valence-electron chi connectivity index (χ3n) is 8.45. The molecule has 0 radical (unpaired) electrons. The summed E-state index contributed by atoms with van der Waals surface area (Å²) in [5.41, 5.74) is 0. The molecule has 0 bridgehead atoms. The molecule has 0 spiro atoms. The Balaban J connectivity index is 3.27. The molecular formula is C37H72O3. The Bertz CT molecular complexity index is 516. The molecule has 0 fully saturated rings. The smallest absolute Gasteiger partial charge is 0.313 e. The highest BCUT2D eigenvalue weighted by molar-refractivity contribution is 5.85. The van der Waals surface area contributed by atoms with Crippen LogP contribution in [0.2, 0.25) is 0 Å². The van der Waals surface area contributed by atoms with Gasteiger partial charge in [-0.3, -0.25) is 9.59 Å². The second-order valence-corrected chi connectivity index (χ2v) is 12.6. The van der Waals surface area contributed by atoms with E-state index in [4.69, 9.17) is 4.74 Å². The van der Waals surface area contributed by atoms with Crippen molar-refractivity contribution in [3.8, 4) is 0 Å². The van der Waals surface area contributed by atoms with E-state index in [0.29, 0.717) is 12.8 Å². The Morgan fingerprint density at radius 2 is 0.475 bits per heavy atom. The lowest BCUT2D eigenvalue weighted by molar-refractivity contribution is -0.159. The zero-order chi connectivity index (χ0) is 29.2. The van der Waals surface area contributed by atoms with E-state index >= 15 is 0 Å². The van der Waals surface area contributed by atoms with E-state index in [1.54, 1.807) is 0 Å². The quantitative estimate of drug-likeness (QED) is 0.0452. The molecule has 0 saturated carbocycles. The number of esters is 2. The van der Waals surface area contributed by atoms with Gasteiger partial charge in [0.2, 0.25) is 0 Å². The van der Waals surface area contributed by atoms with Crippen LogP contribution in [0.1, 0.15) is 226 Å². The second-order valence-electron chi connectivity index (χ2n) is 12.6. The average Bonchev–Trinajstić information content (AvgIpc) is 2.94. The first-order valence-corrected chi connectivity index (χ1v) is 18.4. The van der Waals surface area contributed by atoms with Crippen molar-refractivity contribution in [3.63, 3.8) is 0 Å². The molecule has 0 amide bonds. The van der Waals surface area contributed by atoms with Crippen LogP contribution in [0, 0.1) is 0 Å². The van der Waals surface area contributed by atoms with Gasteiger partial charge in [0.25, 0.3) is 0 Å². The van der Waals surface area contributed by atoms with E-state index in [1.165, 1.54) is 173 Å². The summed E-state index contributed by atoms with van der Waals surface area (Å²) >= 11 is 0. The van der Waals surface area contributed by atoms with Crippen molar-refractivity contribution < 1.29 is 14.3 Å². The zero-order valence-electron chi connectivity index (χ0n) is 27.6. The Morgan fingerprint density at radius 3 is 0.675 bits per heavy atom. The maximum Gasteiger partial charge on any atom is 0.313 e. The molecule has 40 heavy (non-hydrogen) atoms. The van der Waals surface area contributed by atoms with Crippen LogP contribution in [0.5, 0.6) is 0 Å². The molecule has 3 heteroatoms. The molecule has 0 aromatic carbocycles. The van der Waals surface area contributed by atoms with Crippen LogP contribution in [0.4, 0.5) is 0 Å². The van der Waals surface area contributed by atoms with E-state index in [1.807, 2.05) is 0 Å². The number of unbranched alkanes of at least 4 members (excludes halogenated alkanes) is 29.